The van der Waals surface area contributed by atoms with Gasteiger partial charge in [-0.2, -0.15) is 0 Å². The zero-order chi connectivity index (χ0) is 9.26. The summed E-state index contributed by atoms with van der Waals surface area (Å²) >= 11 is 0. The second-order valence-corrected chi connectivity index (χ2v) is 3.27. The minimum absolute atomic E-state index is 0.129. The van der Waals surface area contributed by atoms with Crippen LogP contribution in [0.1, 0.15) is 30.5 Å². The molecule has 1 fully saturated rings. The highest BCUT2D eigenvalue weighted by Crippen LogP contribution is 2.27. The molecule has 2 heterocycles. The average molecular weight is 179 g/mol. The Morgan fingerprint density at radius 3 is 3.00 bits per heavy atom. The smallest absolute Gasteiger partial charge is 0.128 e. The van der Waals surface area contributed by atoms with Crippen molar-refractivity contribution in [3.05, 3.63) is 17.6 Å². The molecule has 0 unspecified atom stereocenters. The highest BCUT2D eigenvalue weighted by Gasteiger charge is 2.19. The maximum Gasteiger partial charge on any atom is 0.128 e. The third kappa shape index (κ3) is 1.78. The number of nitrogens with two attached hydrogens (primary N) is 1. The van der Waals surface area contributed by atoms with Crippen molar-refractivity contribution >= 4 is 5.82 Å². The Balaban J connectivity index is 2.28. The van der Waals surface area contributed by atoms with Crippen LogP contribution in [0.3, 0.4) is 0 Å². The van der Waals surface area contributed by atoms with Gasteiger partial charge in [0.15, 0.2) is 0 Å². The summed E-state index contributed by atoms with van der Waals surface area (Å²) in [6.45, 7) is 2.67. The summed E-state index contributed by atoms with van der Waals surface area (Å²) in [6, 6.07) is 1.79. The van der Waals surface area contributed by atoms with Crippen LogP contribution in [0.5, 0.6) is 0 Å². The lowest BCUT2D eigenvalue weighted by atomic mass is 10.2. The van der Waals surface area contributed by atoms with Crippen LogP contribution in [-0.2, 0) is 4.74 Å². The molecule has 0 radical (unpaired) electrons. The number of nitrogen functional groups attached to an aromatic ring is 1. The second-order valence-electron chi connectivity index (χ2n) is 3.27. The Hall–Kier alpha value is -1.16. The van der Waals surface area contributed by atoms with Gasteiger partial charge in [-0.25, -0.2) is 9.97 Å². The molecule has 2 N–H and O–H groups in total. The molecule has 1 saturated heterocycles. The first-order valence-electron chi connectivity index (χ1n) is 4.48. The fourth-order valence-corrected chi connectivity index (χ4v) is 1.59. The largest absolute Gasteiger partial charge is 0.384 e. The maximum absolute atomic E-state index is 5.62. The van der Waals surface area contributed by atoms with E-state index in [1.165, 1.54) is 0 Å². The SMILES string of the molecule is Cc1nc(N)cc([C@@H]2CCCO2)n1. The van der Waals surface area contributed by atoms with Gasteiger partial charge in [-0.3, -0.25) is 0 Å². The van der Waals surface area contributed by atoms with Gasteiger partial charge in [-0.1, -0.05) is 0 Å². The van der Waals surface area contributed by atoms with E-state index in [4.69, 9.17) is 10.5 Å². The van der Waals surface area contributed by atoms with Gasteiger partial charge in [0.2, 0.25) is 0 Å². The molecule has 70 valence electrons. The Morgan fingerprint density at radius 2 is 2.38 bits per heavy atom. The quantitative estimate of drug-likeness (QED) is 0.704. The third-order valence-corrected chi connectivity index (χ3v) is 2.14. The fraction of sp³-hybridized carbons (Fsp3) is 0.556. The van der Waals surface area contributed by atoms with Crippen LogP contribution in [0.2, 0.25) is 0 Å². The van der Waals surface area contributed by atoms with Crippen molar-refractivity contribution in [2.24, 2.45) is 0 Å². The first kappa shape index (κ1) is 8.44. The molecule has 1 aliphatic rings. The number of anilines is 1. The number of rotatable bonds is 1. The van der Waals surface area contributed by atoms with Crippen molar-refractivity contribution in [3.8, 4) is 0 Å². The summed E-state index contributed by atoms with van der Waals surface area (Å²) in [4.78, 5) is 8.32. The summed E-state index contributed by atoms with van der Waals surface area (Å²) in [5.41, 5.74) is 6.54. The van der Waals surface area contributed by atoms with Crippen LogP contribution in [-0.4, -0.2) is 16.6 Å². The molecule has 4 heteroatoms. The molecule has 0 saturated carbocycles. The van der Waals surface area contributed by atoms with Gasteiger partial charge >= 0.3 is 0 Å². The van der Waals surface area contributed by atoms with Crippen LogP contribution < -0.4 is 5.73 Å². The van der Waals surface area contributed by atoms with E-state index < -0.39 is 0 Å². The number of ether oxygens (including phenoxy) is 1. The van der Waals surface area contributed by atoms with Gasteiger partial charge in [-0.15, -0.1) is 0 Å². The van der Waals surface area contributed by atoms with E-state index in [-0.39, 0.29) is 6.10 Å². The molecule has 2 rings (SSSR count). The molecule has 0 amide bonds. The van der Waals surface area contributed by atoms with Crippen molar-refractivity contribution in [2.75, 3.05) is 12.3 Å². The van der Waals surface area contributed by atoms with Crippen LogP contribution in [0, 0.1) is 6.92 Å². The van der Waals surface area contributed by atoms with E-state index >= 15 is 0 Å². The molecule has 0 bridgehead atoms. The van der Waals surface area contributed by atoms with Crippen molar-refractivity contribution in [3.63, 3.8) is 0 Å². The van der Waals surface area contributed by atoms with Gasteiger partial charge in [0.05, 0.1) is 11.8 Å². The molecule has 4 nitrogen and oxygen atoms in total. The van der Waals surface area contributed by atoms with Crippen molar-refractivity contribution < 1.29 is 4.74 Å². The number of aromatic nitrogens is 2. The van der Waals surface area contributed by atoms with Crippen LogP contribution in [0.4, 0.5) is 5.82 Å². The number of hydrogen-bond acceptors (Lipinski definition) is 4. The zero-order valence-corrected chi connectivity index (χ0v) is 7.66. The molecular formula is C9H13N3O. The predicted molar refractivity (Wildman–Crippen MR) is 49.1 cm³/mol. The molecule has 1 aliphatic heterocycles. The Labute approximate surface area is 77.1 Å². The first-order chi connectivity index (χ1) is 6.25. The van der Waals surface area contributed by atoms with E-state index in [9.17, 15) is 0 Å². The molecule has 0 aliphatic carbocycles. The third-order valence-electron chi connectivity index (χ3n) is 2.14. The monoisotopic (exact) mass is 179 g/mol. The highest BCUT2D eigenvalue weighted by atomic mass is 16.5. The van der Waals surface area contributed by atoms with E-state index in [0.717, 1.165) is 25.1 Å². The second kappa shape index (κ2) is 3.30. The minimum atomic E-state index is 0.129. The summed E-state index contributed by atoms with van der Waals surface area (Å²) in [5, 5.41) is 0. The van der Waals surface area contributed by atoms with E-state index in [1.807, 2.05) is 6.92 Å². The molecular weight excluding hydrogens is 166 g/mol. The Kier molecular flexibility index (Phi) is 2.14. The standard InChI is InChI=1S/C9H13N3O/c1-6-11-7(5-9(10)12-6)8-3-2-4-13-8/h5,8H,2-4H2,1H3,(H2,10,11,12)/t8-/m0/s1. The predicted octanol–water partition coefficient (Wildman–Crippen LogP) is 1.22. The van der Waals surface area contributed by atoms with E-state index in [2.05, 4.69) is 9.97 Å². The first-order valence-corrected chi connectivity index (χ1v) is 4.48. The van der Waals surface area contributed by atoms with Gasteiger partial charge < -0.3 is 10.5 Å². The fourth-order valence-electron chi connectivity index (χ4n) is 1.59. The maximum atomic E-state index is 5.62. The summed E-state index contributed by atoms with van der Waals surface area (Å²) in [6.07, 6.45) is 2.27. The summed E-state index contributed by atoms with van der Waals surface area (Å²) < 4.78 is 5.50. The molecule has 0 spiro atoms. The summed E-state index contributed by atoms with van der Waals surface area (Å²) in [5.74, 6) is 1.24. The van der Waals surface area contributed by atoms with Crippen LogP contribution in [0.25, 0.3) is 0 Å². The van der Waals surface area contributed by atoms with Gasteiger partial charge in [0.1, 0.15) is 11.6 Å². The lowest BCUT2D eigenvalue weighted by Crippen LogP contribution is -2.04. The van der Waals surface area contributed by atoms with Gasteiger partial charge in [0.25, 0.3) is 0 Å². The van der Waals surface area contributed by atoms with E-state index in [0.29, 0.717) is 11.6 Å². The Bertz CT molecular complexity index is 287. The number of nitrogens with zero attached hydrogens (tertiary/aromatic N) is 2. The topological polar surface area (TPSA) is 61.0 Å². The zero-order valence-electron chi connectivity index (χ0n) is 7.66. The number of hydrogen-bond donors (Lipinski definition) is 1. The Morgan fingerprint density at radius 1 is 1.54 bits per heavy atom. The highest BCUT2D eigenvalue weighted by molar-refractivity contribution is 5.30. The van der Waals surface area contributed by atoms with Crippen molar-refractivity contribution in [1.82, 2.24) is 9.97 Å². The van der Waals surface area contributed by atoms with Crippen molar-refractivity contribution in [1.29, 1.82) is 0 Å². The lowest BCUT2D eigenvalue weighted by molar-refractivity contribution is 0.108. The lowest BCUT2D eigenvalue weighted by Gasteiger charge is -2.09. The molecule has 1 aromatic rings. The molecule has 1 aromatic heterocycles. The van der Waals surface area contributed by atoms with Gasteiger partial charge in [0, 0.05) is 12.7 Å². The molecule has 1 atom stereocenters. The number of aryl methyl sites for hydroxylation is 1. The average Bonchev–Trinajstić information content (AvgIpc) is 2.53. The van der Waals surface area contributed by atoms with Crippen LogP contribution >= 0.6 is 0 Å². The van der Waals surface area contributed by atoms with E-state index in [1.54, 1.807) is 6.07 Å². The van der Waals surface area contributed by atoms with Gasteiger partial charge in [-0.05, 0) is 19.8 Å². The van der Waals surface area contributed by atoms with Crippen LogP contribution in [0.15, 0.2) is 6.07 Å². The van der Waals surface area contributed by atoms with Crippen molar-refractivity contribution in [2.45, 2.75) is 25.9 Å². The molecule has 13 heavy (non-hydrogen) atoms. The minimum Gasteiger partial charge on any atom is -0.384 e. The summed E-state index contributed by atoms with van der Waals surface area (Å²) in [7, 11) is 0. The molecule has 0 aromatic carbocycles. The normalized spacial score (nSPS) is 22.1.